The fourth-order valence-electron chi connectivity index (χ4n) is 1.52. The summed E-state index contributed by atoms with van der Waals surface area (Å²) in [6.45, 7) is 11.6. The van der Waals surface area contributed by atoms with Crippen LogP contribution in [0.15, 0.2) is 0 Å². The molecule has 0 aromatic rings. The van der Waals surface area contributed by atoms with Crippen molar-refractivity contribution in [1.29, 1.82) is 0 Å². The molecular formula is C11H22O2. The Balaban J connectivity index is 2.36. The summed E-state index contributed by atoms with van der Waals surface area (Å²) in [5.74, 6) is -0.327. The summed E-state index contributed by atoms with van der Waals surface area (Å²) in [6.07, 6.45) is 2.38. The van der Waals surface area contributed by atoms with Crippen LogP contribution in [-0.4, -0.2) is 18.5 Å². The summed E-state index contributed by atoms with van der Waals surface area (Å²) in [5.41, 5.74) is 0.363. The van der Waals surface area contributed by atoms with Crippen LogP contribution >= 0.6 is 0 Å². The lowest BCUT2D eigenvalue weighted by atomic mass is 9.88. The molecule has 0 amide bonds. The minimum absolute atomic E-state index is 0.255. The van der Waals surface area contributed by atoms with Crippen LogP contribution in [-0.2, 0) is 9.47 Å². The van der Waals surface area contributed by atoms with Crippen molar-refractivity contribution < 1.29 is 9.47 Å². The Labute approximate surface area is 81.6 Å². The lowest BCUT2D eigenvalue weighted by Crippen LogP contribution is -2.28. The lowest BCUT2D eigenvalue weighted by Gasteiger charge is -2.27. The van der Waals surface area contributed by atoms with Crippen LogP contribution in [0.25, 0.3) is 0 Å². The van der Waals surface area contributed by atoms with Crippen molar-refractivity contribution in [2.45, 2.75) is 59.4 Å². The second kappa shape index (κ2) is 3.58. The highest BCUT2D eigenvalue weighted by Gasteiger charge is 2.35. The molecule has 0 radical (unpaired) electrons. The smallest absolute Gasteiger partial charge is 0.166 e. The topological polar surface area (TPSA) is 18.5 Å². The van der Waals surface area contributed by atoms with Gasteiger partial charge in [-0.1, -0.05) is 20.8 Å². The van der Waals surface area contributed by atoms with Crippen LogP contribution < -0.4 is 0 Å². The van der Waals surface area contributed by atoms with E-state index in [9.17, 15) is 0 Å². The Morgan fingerprint density at radius 2 is 2.00 bits per heavy atom. The van der Waals surface area contributed by atoms with Crippen molar-refractivity contribution in [3.63, 3.8) is 0 Å². The van der Waals surface area contributed by atoms with E-state index in [0.717, 1.165) is 19.4 Å². The van der Waals surface area contributed by atoms with Crippen LogP contribution in [0.3, 0.4) is 0 Å². The minimum Gasteiger partial charge on any atom is -0.348 e. The van der Waals surface area contributed by atoms with Crippen molar-refractivity contribution in [3.05, 3.63) is 0 Å². The standard InChI is InChI=1S/C11H22O2/c1-9-8-12-11(5,13-9)7-6-10(2,3)4/h9H,6-8H2,1-5H3. The van der Waals surface area contributed by atoms with Crippen molar-refractivity contribution in [3.8, 4) is 0 Å². The average molecular weight is 186 g/mol. The molecule has 78 valence electrons. The molecule has 2 nitrogen and oxygen atoms in total. The summed E-state index contributed by atoms with van der Waals surface area (Å²) in [4.78, 5) is 0. The maximum absolute atomic E-state index is 5.72. The second-order valence-corrected chi connectivity index (χ2v) is 5.43. The van der Waals surface area contributed by atoms with Crippen molar-refractivity contribution in [1.82, 2.24) is 0 Å². The quantitative estimate of drug-likeness (QED) is 0.660. The number of hydrogen-bond donors (Lipinski definition) is 0. The molecular weight excluding hydrogens is 164 g/mol. The Kier molecular flexibility index (Phi) is 3.03. The van der Waals surface area contributed by atoms with Crippen LogP contribution in [0.5, 0.6) is 0 Å². The largest absolute Gasteiger partial charge is 0.348 e. The molecule has 2 heteroatoms. The van der Waals surface area contributed by atoms with E-state index < -0.39 is 0 Å². The molecule has 0 saturated carbocycles. The molecule has 0 aromatic heterocycles. The molecule has 1 aliphatic rings. The van der Waals surface area contributed by atoms with E-state index >= 15 is 0 Å². The zero-order valence-corrected chi connectivity index (χ0v) is 9.52. The first kappa shape index (κ1) is 11.0. The fraction of sp³-hybridized carbons (Fsp3) is 1.00. The summed E-state index contributed by atoms with van der Waals surface area (Å²) in [6, 6.07) is 0. The molecule has 1 heterocycles. The number of ether oxygens (including phenoxy) is 2. The molecule has 0 bridgehead atoms. The summed E-state index contributed by atoms with van der Waals surface area (Å²) in [5, 5.41) is 0. The highest BCUT2D eigenvalue weighted by atomic mass is 16.7. The minimum atomic E-state index is -0.327. The van der Waals surface area contributed by atoms with Crippen LogP contribution in [0.4, 0.5) is 0 Å². The van der Waals surface area contributed by atoms with Crippen molar-refractivity contribution >= 4 is 0 Å². The van der Waals surface area contributed by atoms with Gasteiger partial charge in [0.1, 0.15) is 0 Å². The Bertz CT molecular complexity index is 171. The third-order valence-electron chi connectivity index (χ3n) is 2.40. The van der Waals surface area contributed by atoms with Crippen LogP contribution in [0, 0.1) is 5.41 Å². The predicted molar refractivity (Wildman–Crippen MR) is 53.6 cm³/mol. The molecule has 1 rings (SSSR count). The van der Waals surface area contributed by atoms with Gasteiger partial charge in [0, 0.05) is 6.42 Å². The maximum Gasteiger partial charge on any atom is 0.166 e. The molecule has 0 spiro atoms. The first-order chi connectivity index (χ1) is 5.81. The van der Waals surface area contributed by atoms with E-state index in [2.05, 4.69) is 27.7 Å². The molecule has 1 saturated heterocycles. The summed E-state index contributed by atoms with van der Waals surface area (Å²) >= 11 is 0. The molecule has 1 aliphatic heterocycles. The normalized spacial score (nSPS) is 35.3. The summed E-state index contributed by atoms with van der Waals surface area (Å²) in [7, 11) is 0. The van der Waals surface area contributed by atoms with Crippen LogP contribution in [0.1, 0.15) is 47.5 Å². The van der Waals surface area contributed by atoms with E-state index in [1.165, 1.54) is 0 Å². The van der Waals surface area contributed by atoms with Gasteiger partial charge in [-0.05, 0) is 25.7 Å². The number of hydrogen-bond acceptors (Lipinski definition) is 2. The monoisotopic (exact) mass is 186 g/mol. The van der Waals surface area contributed by atoms with E-state index in [1.807, 2.05) is 6.92 Å². The predicted octanol–water partition coefficient (Wildman–Crippen LogP) is 2.96. The molecule has 0 aliphatic carbocycles. The van der Waals surface area contributed by atoms with Gasteiger partial charge in [0.15, 0.2) is 5.79 Å². The molecule has 2 atom stereocenters. The number of rotatable bonds is 2. The van der Waals surface area contributed by atoms with Gasteiger partial charge in [-0.3, -0.25) is 0 Å². The Morgan fingerprint density at radius 1 is 1.38 bits per heavy atom. The first-order valence-corrected chi connectivity index (χ1v) is 5.13. The van der Waals surface area contributed by atoms with Gasteiger partial charge in [-0.15, -0.1) is 0 Å². The average Bonchev–Trinajstić information content (AvgIpc) is 2.27. The van der Waals surface area contributed by atoms with Crippen LogP contribution in [0.2, 0.25) is 0 Å². The van der Waals surface area contributed by atoms with E-state index in [0.29, 0.717) is 5.41 Å². The van der Waals surface area contributed by atoms with Gasteiger partial charge in [-0.25, -0.2) is 0 Å². The van der Waals surface area contributed by atoms with E-state index in [-0.39, 0.29) is 11.9 Å². The molecule has 0 N–H and O–H groups in total. The molecule has 0 aromatic carbocycles. The van der Waals surface area contributed by atoms with Gasteiger partial charge >= 0.3 is 0 Å². The lowest BCUT2D eigenvalue weighted by molar-refractivity contribution is -0.160. The molecule has 1 fully saturated rings. The van der Waals surface area contributed by atoms with Crippen molar-refractivity contribution in [2.75, 3.05) is 6.61 Å². The third-order valence-corrected chi connectivity index (χ3v) is 2.40. The van der Waals surface area contributed by atoms with Gasteiger partial charge in [-0.2, -0.15) is 0 Å². The summed E-state index contributed by atoms with van der Waals surface area (Å²) < 4.78 is 11.3. The Hall–Kier alpha value is -0.0800. The zero-order valence-electron chi connectivity index (χ0n) is 9.52. The van der Waals surface area contributed by atoms with E-state index in [1.54, 1.807) is 0 Å². The van der Waals surface area contributed by atoms with E-state index in [4.69, 9.17) is 9.47 Å². The van der Waals surface area contributed by atoms with Gasteiger partial charge in [0.05, 0.1) is 12.7 Å². The molecule has 13 heavy (non-hydrogen) atoms. The second-order valence-electron chi connectivity index (χ2n) is 5.43. The van der Waals surface area contributed by atoms with Gasteiger partial charge < -0.3 is 9.47 Å². The SMILES string of the molecule is CC1COC(C)(CCC(C)(C)C)O1. The fourth-order valence-corrected chi connectivity index (χ4v) is 1.52. The highest BCUT2D eigenvalue weighted by molar-refractivity contribution is 4.75. The first-order valence-electron chi connectivity index (χ1n) is 5.13. The van der Waals surface area contributed by atoms with Crippen molar-refractivity contribution in [2.24, 2.45) is 5.41 Å². The zero-order chi connectivity index (χ0) is 10.1. The Morgan fingerprint density at radius 3 is 2.38 bits per heavy atom. The van der Waals surface area contributed by atoms with Gasteiger partial charge in [0.25, 0.3) is 0 Å². The molecule has 2 unspecified atom stereocenters. The highest BCUT2D eigenvalue weighted by Crippen LogP contribution is 2.32. The maximum atomic E-state index is 5.72. The third kappa shape index (κ3) is 3.65. The van der Waals surface area contributed by atoms with Gasteiger partial charge in [0.2, 0.25) is 0 Å².